The normalized spacial score (nSPS) is 10.2. The predicted octanol–water partition coefficient (Wildman–Crippen LogP) is 1.78. The summed E-state index contributed by atoms with van der Waals surface area (Å²) in [6.07, 6.45) is 0. The number of pyridine rings is 1. The Morgan fingerprint density at radius 1 is 1.08 bits per heavy atom. The van der Waals surface area contributed by atoms with Crippen LogP contribution in [0.15, 0.2) is 0 Å². The second-order valence-electron chi connectivity index (χ2n) is 3.50. The van der Waals surface area contributed by atoms with E-state index in [9.17, 15) is 5.11 Å². The molecule has 13 heavy (non-hydrogen) atoms. The lowest BCUT2D eigenvalue weighted by Crippen LogP contribution is -2.13. The van der Waals surface area contributed by atoms with Crippen molar-refractivity contribution in [2.75, 3.05) is 19.0 Å². The highest BCUT2D eigenvalue weighted by molar-refractivity contribution is 5.61. The van der Waals surface area contributed by atoms with Crippen molar-refractivity contribution in [3.63, 3.8) is 0 Å². The van der Waals surface area contributed by atoms with Gasteiger partial charge in [-0.3, -0.25) is 4.98 Å². The number of aryl methyl sites for hydroxylation is 2. The van der Waals surface area contributed by atoms with Gasteiger partial charge in [-0.2, -0.15) is 0 Å². The Hall–Kier alpha value is -1.25. The monoisotopic (exact) mass is 180 g/mol. The second kappa shape index (κ2) is 3.24. The number of hydrogen-bond donors (Lipinski definition) is 1. The first-order valence-electron chi connectivity index (χ1n) is 4.29. The molecule has 0 radical (unpaired) electrons. The van der Waals surface area contributed by atoms with E-state index in [2.05, 4.69) is 4.98 Å². The molecule has 0 aliphatic heterocycles. The van der Waals surface area contributed by atoms with E-state index in [1.165, 1.54) is 0 Å². The van der Waals surface area contributed by atoms with Crippen molar-refractivity contribution in [2.45, 2.75) is 20.8 Å². The fraction of sp³-hybridized carbons (Fsp3) is 0.500. The van der Waals surface area contributed by atoms with Crippen LogP contribution in [0.4, 0.5) is 5.69 Å². The Morgan fingerprint density at radius 2 is 1.62 bits per heavy atom. The zero-order valence-electron chi connectivity index (χ0n) is 8.84. The van der Waals surface area contributed by atoms with Gasteiger partial charge in [-0.05, 0) is 20.8 Å². The highest BCUT2D eigenvalue weighted by atomic mass is 16.3. The minimum atomic E-state index is 0.300. The van der Waals surface area contributed by atoms with Crippen LogP contribution in [-0.2, 0) is 0 Å². The molecule has 1 heterocycles. The number of rotatable bonds is 1. The number of aromatic hydroxyl groups is 1. The van der Waals surface area contributed by atoms with Gasteiger partial charge in [-0.1, -0.05) is 0 Å². The van der Waals surface area contributed by atoms with Crippen molar-refractivity contribution >= 4 is 5.69 Å². The maximum absolute atomic E-state index is 9.67. The van der Waals surface area contributed by atoms with Crippen LogP contribution in [0.1, 0.15) is 17.0 Å². The average molecular weight is 180 g/mol. The molecule has 0 unspecified atom stereocenters. The third kappa shape index (κ3) is 1.59. The van der Waals surface area contributed by atoms with Crippen LogP contribution in [0, 0.1) is 20.8 Å². The van der Waals surface area contributed by atoms with Gasteiger partial charge in [0.2, 0.25) is 0 Å². The van der Waals surface area contributed by atoms with E-state index < -0.39 is 0 Å². The molecule has 1 aromatic rings. The van der Waals surface area contributed by atoms with E-state index >= 15 is 0 Å². The number of nitrogens with zero attached hydrogens (tertiary/aromatic N) is 2. The van der Waals surface area contributed by atoms with Gasteiger partial charge >= 0.3 is 0 Å². The highest BCUT2D eigenvalue weighted by Gasteiger charge is 2.12. The molecule has 0 bridgehead atoms. The molecule has 0 amide bonds. The smallest absolute Gasteiger partial charge is 0.141 e. The van der Waals surface area contributed by atoms with E-state index in [-0.39, 0.29) is 0 Å². The lowest BCUT2D eigenvalue weighted by Gasteiger charge is -2.19. The Kier molecular flexibility index (Phi) is 2.45. The topological polar surface area (TPSA) is 36.4 Å². The highest BCUT2D eigenvalue weighted by Crippen LogP contribution is 2.30. The first-order valence-corrected chi connectivity index (χ1v) is 4.29. The van der Waals surface area contributed by atoms with Crippen molar-refractivity contribution in [1.29, 1.82) is 0 Å². The van der Waals surface area contributed by atoms with E-state index in [4.69, 9.17) is 0 Å². The third-order valence-corrected chi connectivity index (χ3v) is 2.18. The predicted molar refractivity (Wildman–Crippen MR) is 54.4 cm³/mol. The van der Waals surface area contributed by atoms with Gasteiger partial charge in [0, 0.05) is 19.7 Å². The molecule has 72 valence electrons. The zero-order chi connectivity index (χ0) is 10.2. The molecule has 0 aliphatic rings. The largest absolute Gasteiger partial charge is 0.506 e. The molecule has 0 aromatic carbocycles. The SMILES string of the molecule is Cc1nc(C)c(N(C)C)c(C)c1O. The van der Waals surface area contributed by atoms with Gasteiger partial charge < -0.3 is 10.0 Å². The van der Waals surface area contributed by atoms with Gasteiger partial charge in [0.15, 0.2) is 0 Å². The second-order valence-corrected chi connectivity index (χ2v) is 3.50. The molecule has 1 rings (SSSR count). The summed E-state index contributed by atoms with van der Waals surface area (Å²) in [7, 11) is 3.90. The summed E-state index contributed by atoms with van der Waals surface area (Å²) >= 11 is 0. The summed E-state index contributed by atoms with van der Waals surface area (Å²) in [5, 5.41) is 9.67. The van der Waals surface area contributed by atoms with Gasteiger partial charge in [0.05, 0.1) is 17.1 Å². The molecular weight excluding hydrogens is 164 g/mol. The van der Waals surface area contributed by atoms with Gasteiger partial charge in [-0.25, -0.2) is 0 Å². The standard InChI is InChI=1S/C10H16N2O/c1-6-9(12(4)5)7(2)11-8(3)10(6)13/h13H,1-5H3. The van der Waals surface area contributed by atoms with Crippen LogP contribution in [0.5, 0.6) is 5.75 Å². The minimum Gasteiger partial charge on any atom is -0.506 e. The van der Waals surface area contributed by atoms with Crippen LogP contribution in [0.25, 0.3) is 0 Å². The Bertz CT molecular complexity index is 332. The molecule has 1 aromatic heterocycles. The summed E-state index contributed by atoms with van der Waals surface area (Å²) in [6.45, 7) is 5.68. The Labute approximate surface area is 79.0 Å². The Balaban J connectivity index is 3.44. The zero-order valence-corrected chi connectivity index (χ0v) is 8.84. The van der Waals surface area contributed by atoms with Crippen molar-refractivity contribution < 1.29 is 5.11 Å². The molecule has 0 saturated heterocycles. The molecule has 3 nitrogen and oxygen atoms in total. The molecule has 3 heteroatoms. The first-order chi connectivity index (χ1) is 5.95. The maximum atomic E-state index is 9.67. The molecule has 1 N–H and O–H groups in total. The van der Waals surface area contributed by atoms with Crippen LogP contribution in [0.2, 0.25) is 0 Å². The van der Waals surface area contributed by atoms with Crippen LogP contribution in [0.3, 0.4) is 0 Å². The fourth-order valence-electron chi connectivity index (χ4n) is 1.67. The van der Waals surface area contributed by atoms with Crippen molar-refractivity contribution in [3.8, 4) is 5.75 Å². The molecule has 0 saturated carbocycles. The van der Waals surface area contributed by atoms with Gasteiger partial charge in [0.25, 0.3) is 0 Å². The number of anilines is 1. The van der Waals surface area contributed by atoms with Crippen LogP contribution in [-0.4, -0.2) is 24.2 Å². The average Bonchev–Trinajstić information content (AvgIpc) is 1.99. The summed E-state index contributed by atoms with van der Waals surface area (Å²) in [5.74, 6) is 0.300. The minimum absolute atomic E-state index is 0.300. The number of hydrogen-bond acceptors (Lipinski definition) is 3. The third-order valence-electron chi connectivity index (χ3n) is 2.18. The van der Waals surface area contributed by atoms with E-state index in [1.54, 1.807) is 0 Å². The quantitative estimate of drug-likeness (QED) is 0.715. The summed E-state index contributed by atoms with van der Waals surface area (Å²) < 4.78 is 0. The van der Waals surface area contributed by atoms with Gasteiger partial charge in [-0.15, -0.1) is 0 Å². The molecule has 0 aliphatic carbocycles. The maximum Gasteiger partial charge on any atom is 0.141 e. The van der Waals surface area contributed by atoms with Crippen LogP contribution >= 0.6 is 0 Å². The molecular formula is C10H16N2O. The van der Waals surface area contributed by atoms with Crippen molar-refractivity contribution in [2.24, 2.45) is 0 Å². The van der Waals surface area contributed by atoms with Crippen molar-refractivity contribution in [3.05, 3.63) is 17.0 Å². The van der Waals surface area contributed by atoms with E-state index in [0.29, 0.717) is 11.4 Å². The summed E-state index contributed by atoms with van der Waals surface area (Å²) in [4.78, 5) is 6.23. The summed E-state index contributed by atoms with van der Waals surface area (Å²) in [6, 6.07) is 0. The lowest BCUT2D eigenvalue weighted by molar-refractivity contribution is 0.463. The first kappa shape index (κ1) is 9.84. The van der Waals surface area contributed by atoms with E-state index in [0.717, 1.165) is 16.9 Å². The van der Waals surface area contributed by atoms with Crippen molar-refractivity contribution in [1.82, 2.24) is 4.98 Å². The fourth-order valence-corrected chi connectivity index (χ4v) is 1.67. The van der Waals surface area contributed by atoms with Gasteiger partial charge in [0.1, 0.15) is 5.75 Å². The van der Waals surface area contributed by atoms with Crippen LogP contribution < -0.4 is 4.90 Å². The Morgan fingerprint density at radius 3 is 2.08 bits per heavy atom. The number of aromatic nitrogens is 1. The molecule has 0 atom stereocenters. The van der Waals surface area contributed by atoms with E-state index in [1.807, 2.05) is 39.8 Å². The molecule has 0 spiro atoms. The summed E-state index contributed by atoms with van der Waals surface area (Å²) in [5.41, 5.74) is 3.55. The molecule has 0 fully saturated rings. The lowest BCUT2D eigenvalue weighted by atomic mass is 10.1.